The molecule has 2 nitrogen and oxygen atoms in total. The molecule has 0 bridgehead atoms. The molecule has 19 heavy (non-hydrogen) atoms. The first kappa shape index (κ1) is 13.0. The van der Waals surface area contributed by atoms with Crippen LogP contribution in [0.2, 0.25) is 0 Å². The summed E-state index contributed by atoms with van der Waals surface area (Å²) in [6.07, 6.45) is 2.38. The molecule has 4 heteroatoms. The van der Waals surface area contributed by atoms with E-state index in [0.29, 0.717) is 23.5 Å². The van der Waals surface area contributed by atoms with Crippen molar-refractivity contribution < 1.29 is 13.9 Å². The molecule has 0 aliphatic carbocycles. The Balaban J connectivity index is 1.77. The summed E-state index contributed by atoms with van der Waals surface area (Å²) in [6, 6.07) is 6.58. The SMILES string of the molecule is OC(CC1CCSCC1)c1cc2cccc(F)c2o1. The lowest BCUT2D eigenvalue weighted by atomic mass is 9.94. The van der Waals surface area contributed by atoms with E-state index in [9.17, 15) is 9.50 Å². The smallest absolute Gasteiger partial charge is 0.170 e. The van der Waals surface area contributed by atoms with Gasteiger partial charge >= 0.3 is 0 Å². The lowest BCUT2D eigenvalue weighted by molar-refractivity contribution is 0.119. The quantitative estimate of drug-likeness (QED) is 0.917. The van der Waals surface area contributed by atoms with E-state index in [1.54, 1.807) is 18.2 Å². The maximum atomic E-state index is 13.5. The third kappa shape index (κ3) is 2.79. The van der Waals surface area contributed by atoms with Gasteiger partial charge in [0.1, 0.15) is 11.9 Å². The number of fused-ring (bicyclic) bond motifs is 1. The molecule has 1 unspecified atom stereocenters. The van der Waals surface area contributed by atoms with Crippen molar-refractivity contribution in [3.8, 4) is 0 Å². The molecule has 1 aliphatic heterocycles. The van der Waals surface area contributed by atoms with Gasteiger partial charge in [0.05, 0.1) is 0 Å². The Bertz CT molecular complexity index is 560. The number of rotatable bonds is 3. The Morgan fingerprint density at radius 2 is 2.16 bits per heavy atom. The molecule has 0 saturated carbocycles. The minimum Gasteiger partial charge on any atom is -0.455 e. The van der Waals surface area contributed by atoms with Gasteiger partial charge in [0.15, 0.2) is 11.4 Å². The van der Waals surface area contributed by atoms with E-state index >= 15 is 0 Å². The first-order valence-electron chi connectivity index (χ1n) is 6.68. The van der Waals surface area contributed by atoms with Gasteiger partial charge in [0, 0.05) is 5.39 Å². The lowest BCUT2D eigenvalue weighted by Gasteiger charge is -2.22. The van der Waals surface area contributed by atoms with Crippen LogP contribution in [0.5, 0.6) is 0 Å². The average Bonchev–Trinajstić information content (AvgIpc) is 2.85. The van der Waals surface area contributed by atoms with Crippen LogP contribution in [0.25, 0.3) is 11.0 Å². The molecule has 3 rings (SSSR count). The van der Waals surface area contributed by atoms with Crippen LogP contribution in [0, 0.1) is 11.7 Å². The highest BCUT2D eigenvalue weighted by atomic mass is 32.2. The van der Waals surface area contributed by atoms with Crippen molar-refractivity contribution in [3.63, 3.8) is 0 Å². The molecule has 1 aliphatic rings. The molecule has 2 aromatic rings. The molecule has 102 valence electrons. The number of hydrogen-bond acceptors (Lipinski definition) is 3. The minimum atomic E-state index is -0.625. The number of para-hydroxylation sites is 1. The third-order valence-corrected chi connectivity index (χ3v) is 4.79. The fraction of sp³-hybridized carbons (Fsp3) is 0.467. The summed E-state index contributed by atoms with van der Waals surface area (Å²) in [4.78, 5) is 0. The lowest BCUT2D eigenvalue weighted by Crippen LogP contribution is -2.13. The van der Waals surface area contributed by atoms with Crippen molar-refractivity contribution in [1.82, 2.24) is 0 Å². The summed E-state index contributed by atoms with van der Waals surface area (Å²) in [5.74, 6) is 3.01. The Kier molecular flexibility index (Phi) is 3.80. The van der Waals surface area contributed by atoms with Crippen LogP contribution < -0.4 is 0 Å². The molecule has 0 spiro atoms. The monoisotopic (exact) mass is 280 g/mol. The van der Waals surface area contributed by atoms with Gasteiger partial charge in [0.25, 0.3) is 0 Å². The predicted molar refractivity (Wildman–Crippen MR) is 75.8 cm³/mol. The third-order valence-electron chi connectivity index (χ3n) is 3.74. The van der Waals surface area contributed by atoms with Crippen LogP contribution in [-0.2, 0) is 0 Å². The molecular formula is C15H17FO2S. The van der Waals surface area contributed by atoms with Gasteiger partial charge in [-0.1, -0.05) is 12.1 Å². The summed E-state index contributed by atoms with van der Waals surface area (Å²) >= 11 is 1.97. The Labute approximate surface area is 116 Å². The fourth-order valence-electron chi connectivity index (χ4n) is 2.63. The second kappa shape index (κ2) is 5.55. The number of benzene rings is 1. The van der Waals surface area contributed by atoms with E-state index in [4.69, 9.17) is 4.42 Å². The van der Waals surface area contributed by atoms with Crippen molar-refractivity contribution in [2.45, 2.75) is 25.4 Å². The normalized spacial score (nSPS) is 18.8. The zero-order chi connectivity index (χ0) is 13.2. The number of aliphatic hydroxyl groups excluding tert-OH is 1. The molecular weight excluding hydrogens is 263 g/mol. The summed E-state index contributed by atoms with van der Waals surface area (Å²) in [7, 11) is 0. The summed E-state index contributed by atoms with van der Waals surface area (Å²) < 4.78 is 19.0. The largest absolute Gasteiger partial charge is 0.455 e. The average molecular weight is 280 g/mol. The van der Waals surface area contributed by atoms with Crippen LogP contribution in [0.15, 0.2) is 28.7 Å². The van der Waals surface area contributed by atoms with Gasteiger partial charge in [-0.25, -0.2) is 4.39 Å². The van der Waals surface area contributed by atoms with Crippen molar-refractivity contribution in [1.29, 1.82) is 0 Å². The zero-order valence-corrected chi connectivity index (χ0v) is 11.5. The van der Waals surface area contributed by atoms with E-state index in [2.05, 4.69) is 0 Å². The first-order valence-corrected chi connectivity index (χ1v) is 7.83. The highest BCUT2D eigenvalue weighted by Gasteiger charge is 2.21. The van der Waals surface area contributed by atoms with Crippen molar-refractivity contribution in [2.75, 3.05) is 11.5 Å². The van der Waals surface area contributed by atoms with Crippen molar-refractivity contribution in [2.24, 2.45) is 5.92 Å². The number of thioether (sulfide) groups is 1. The molecule has 2 heterocycles. The molecule has 1 N–H and O–H groups in total. The number of halogens is 1. The second-order valence-electron chi connectivity index (χ2n) is 5.11. The van der Waals surface area contributed by atoms with E-state index in [1.807, 2.05) is 11.8 Å². The number of furan rings is 1. The van der Waals surface area contributed by atoms with Crippen molar-refractivity contribution >= 4 is 22.7 Å². The minimum absolute atomic E-state index is 0.246. The molecule has 0 radical (unpaired) electrons. The first-order chi connectivity index (χ1) is 9.24. The van der Waals surface area contributed by atoms with Crippen LogP contribution in [-0.4, -0.2) is 16.6 Å². The van der Waals surface area contributed by atoms with Crippen LogP contribution in [0.3, 0.4) is 0 Å². The van der Waals surface area contributed by atoms with Gasteiger partial charge in [-0.15, -0.1) is 0 Å². The maximum Gasteiger partial charge on any atom is 0.170 e. The fourth-order valence-corrected chi connectivity index (χ4v) is 3.83. The molecule has 1 fully saturated rings. The summed E-state index contributed by atoms with van der Waals surface area (Å²) in [5.41, 5.74) is 0.246. The molecule has 1 atom stereocenters. The van der Waals surface area contributed by atoms with Gasteiger partial charge in [0.2, 0.25) is 0 Å². The number of aliphatic hydroxyl groups is 1. The standard InChI is InChI=1S/C15H17FO2S/c16-12-3-1-2-11-9-14(18-15(11)12)13(17)8-10-4-6-19-7-5-10/h1-3,9-10,13,17H,4-8H2. The van der Waals surface area contributed by atoms with E-state index < -0.39 is 6.10 Å². The zero-order valence-electron chi connectivity index (χ0n) is 10.6. The van der Waals surface area contributed by atoms with Gasteiger partial charge in [-0.2, -0.15) is 11.8 Å². The molecule has 1 saturated heterocycles. The van der Waals surface area contributed by atoms with Crippen molar-refractivity contribution in [3.05, 3.63) is 35.8 Å². The Morgan fingerprint density at radius 1 is 1.37 bits per heavy atom. The van der Waals surface area contributed by atoms with Crippen LogP contribution in [0.1, 0.15) is 31.1 Å². The molecule has 1 aromatic heterocycles. The maximum absolute atomic E-state index is 13.5. The van der Waals surface area contributed by atoms with Crippen LogP contribution in [0.4, 0.5) is 4.39 Å². The highest BCUT2D eigenvalue weighted by molar-refractivity contribution is 7.99. The number of hydrogen-bond donors (Lipinski definition) is 1. The van der Waals surface area contributed by atoms with E-state index in [0.717, 1.165) is 12.8 Å². The van der Waals surface area contributed by atoms with Crippen LogP contribution >= 0.6 is 11.8 Å². The Morgan fingerprint density at radius 3 is 2.89 bits per heavy atom. The summed E-state index contributed by atoms with van der Waals surface area (Å²) in [5, 5.41) is 11.0. The van der Waals surface area contributed by atoms with Gasteiger partial charge in [-0.3, -0.25) is 0 Å². The van der Waals surface area contributed by atoms with Gasteiger partial charge in [-0.05, 0) is 48.8 Å². The van der Waals surface area contributed by atoms with E-state index in [-0.39, 0.29) is 11.4 Å². The van der Waals surface area contributed by atoms with Gasteiger partial charge < -0.3 is 9.52 Å². The summed E-state index contributed by atoms with van der Waals surface area (Å²) in [6.45, 7) is 0. The highest BCUT2D eigenvalue weighted by Crippen LogP contribution is 2.33. The second-order valence-corrected chi connectivity index (χ2v) is 6.34. The Hall–Kier alpha value is -1.00. The molecule has 1 aromatic carbocycles. The predicted octanol–water partition coefficient (Wildman–Crippen LogP) is 4.14. The van der Waals surface area contributed by atoms with E-state index in [1.165, 1.54) is 17.6 Å². The topological polar surface area (TPSA) is 33.4 Å². The molecule has 0 amide bonds.